The van der Waals surface area contributed by atoms with Crippen molar-refractivity contribution in [2.24, 2.45) is 0 Å². The smallest absolute Gasteiger partial charge is 0.132 e. The van der Waals surface area contributed by atoms with Crippen LogP contribution in [0.5, 0.6) is 5.75 Å². The SMILES string of the molecule is CCCNCc1cc(Br)ccc1Sc1ccccc1OC. The second-order valence-electron chi connectivity index (χ2n) is 4.68. The highest BCUT2D eigenvalue weighted by molar-refractivity contribution is 9.10. The van der Waals surface area contributed by atoms with E-state index in [1.165, 1.54) is 10.5 Å². The molecule has 2 aromatic rings. The van der Waals surface area contributed by atoms with Gasteiger partial charge < -0.3 is 10.1 Å². The Morgan fingerprint density at radius 1 is 1.14 bits per heavy atom. The first-order valence-corrected chi connectivity index (χ1v) is 8.65. The standard InChI is InChI=1S/C17H20BrNOS/c1-3-10-19-12-13-11-14(18)8-9-16(13)21-17-7-5-4-6-15(17)20-2/h4-9,11,19H,3,10,12H2,1-2H3. The Bertz CT molecular complexity index is 589. The van der Waals surface area contributed by atoms with Gasteiger partial charge in [0.2, 0.25) is 0 Å². The summed E-state index contributed by atoms with van der Waals surface area (Å²) in [5.41, 5.74) is 1.30. The number of nitrogens with one attached hydrogen (secondary N) is 1. The van der Waals surface area contributed by atoms with Gasteiger partial charge in [0.25, 0.3) is 0 Å². The summed E-state index contributed by atoms with van der Waals surface area (Å²) in [6.45, 7) is 4.09. The van der Waals surface area contributed by atoms with Gasteiger partial charge >= 0.3 is 0 Å². The highest BCUT2D eigenvalue weighted by Gasteiger charge is 2.08. The first kappa shape index (κ1) is 16.4. The molecule has 112 valence electrons. The molecule has 2 aromatic carbocycles. The average Bonchev–Trinajstić information content (AvgIpc) is 2.50. The van der Waals surface area contributed by atoms with Crippen LogP contribution in [-0.2, 0) is 6.54 Å². The predicted octanol–water partition coefficient (Wildman–Crippen LogP) is 5.11. The van der Waals surface area contributed by atoms with Crippen molar-refractivity contribution in [2.75, 3.05) is 13.7 Å². The molecular weight excluding hydrogens is 346 g/mol. The molecule has 0 amide bonds. The van der Waals surface area contributed by atoms with Gasteiger partial charge in [-0.2, -0.15) is 0 Å². The molecule has 0 aliphatic rings. The molecule has 0 aliphatic heterocycles. The number of halogens is 1. The summed E-state index contributed by atoms with van der Waals surface area (Å²) in [7, 11) is 1.71. The molecule has 0 unspecified atom stereocenters. The molecule has 0 saturated heterocycles. The summed E-state index contributed by atoms with van der Waals surface area (Å²) in [6, 6.07) is 14.5. The maximum atomic E-state index is 5.43. The topological polar surface area (TPSA) is 21.3 Å². The molecule has 0 bridgehead atoms. The molecule has 0 spiro atoms. The summed E-state index contributed by atoms with van der Waals surface area (Å²) >= 11 is 5.30. The first-order valence-electron chi connectivity index (χ1n) is 7.04. The van der Waals surface area contributed by atoms with Crippen LogP contribution in [0.15, 0.2) is 56.7 Å². The van der Waals surface area contributed by atoms with Gasteiger partial charge in [0.05, 0.1) is 12.0 Å². The number of para-hydroxylation sites is 1. The van der Waals surface area contributed by atoms with E-state index in [0.29, 0.717) is 0 Å². The van der Waals surface area contributed by atoms with E-state index >= 15 is 0 Å². The van der Waals surface area contributed by atoms with Crippen LogP contribution in [0, 0.1) is 0 Å². The quantitative estimate of drug-likeness (QED) is 0.688. The summed E-state index contributed by atoms with van der Waals surface area (Å²) in [5.74, 6) is 0.915. The minimum Gasteiger partial charge on any atom is -0.496 e. The zero-order chi connectivity index (χ0) is 15.1. The van der Waals surface area contributed by atoms with Crippen molar-refractivity contribution in [3.05, 3.63) is 52.5 Å². The van der Waals surface area contributed by atoms with Gasteiger partial charge in [-0.3, -0.25) is 0 Å². The number of hydrogen-bond acceptors (Lipinski definition) is 3. The maximum absolute atomic E-state index is 5.43. The van der Waals surface area contributed by atoms with Crippen LogP contribution >= 0.6 is 27.7 Å². The lowest BCUT2D eigenvalue weighted by atomic mass is 10.2. The Labute approximate surface area is 139 Å². The highest BCUT2D eigenvalue weighted by atomic mass is 79.9. The number of benzene rings is 2. The van der Waals surface area contributed by atoms with Crippen LogP contribution in [0.2, 0.25) is 0 Å². The molecule has 2 nitrogen and oxygen atoms in total. The van der Waals surface area contributed by atoms with E-state index in [1.54, 1.807) is 18.9 Å². The molecule has 0 atom stereocenters. The average molecular weight is 366 g/mol. The lowest BCUT2D eigenvalue weighted by Crippen LogP contribution is -2.14. The third kappa shape index (κ3) is 4.77. The largest absolute Gasteiger partial charge is 0.496 e. The van der Waals surface area contributed by atoms with Gasteiger partial charge in [-0.25, -0.2) is 0 Å². The zero-order valence-corrected chi connectivity index (χ0v) is 14.8. The Kier molecular flexibility index (Phi) is 6.61. The molecule has 0 radical (unpaired) electrons. The second kappa shape index (κ2) is 8.47. The summed E-state index contributed by atoms with van der Waals surface area (Å²) in [6.07, 6.45) is 1.14. The van der Waals surface area contributed by atoms with Crippen LogP contribution in [0.3, 0.4) is 0 Å². The van der Waals surface area contributed by atoms with Crippen molar-refractivity contribution >= 4 is 27.7 Å². The summed E-state index contributed by atoms with van der Waals surface area (Å²) in [5, 5.41) is 3.47. The van der Waals surface area contributed by atoms with Crippen LogP contribution in [0.1, 0.15) is 18.9 Å². The minimum atomic E-state index is 0.880. The van der Waals surface area contributed by atoms with Crippen molar-refractivity contribution in [2.45, 2.75) is 29.7 Å². The van der Waals surface area contributed by atoms with E-state index in [0.717, 1.165) is 34.6 Å². The van der Waals surface area contributed by atoms with Crippen molar-refractivity contribution in [3.63, 3.8) is 0 Å². The molecule has 0 fully saturated rings. The molecule has 1 N–H and O–H groups in total. The maximum Gasteiger partial charge on any atom is 0.132 e. The lowest BCUT2D eigenvalue weighted by molar-refractivity contribution is 0.405. The molecule has 21 heavy (non-hydrogen) atoms. The predicted molar refractivity (Wildman–Crippen MR) is 93.3 cm³/mol. The van der Waals surface area contributed by atoms with E-state index in [9.17, 15) is 0 Å². The van der Waals surface area contributed by atoms with Crippen LogP contribution in [0.25, 0.3) is 0 Å². The second-order valence-corrected chi connectivity index (χ2v) is 6.68. The van der Waals surface area contributed by atoms with Crippen LogP contribution < -0.4 is 10.1 Å². The van der Waals surface area contributed by atoms with Gasteiger partial charge in [0.15, 0.2) is 0 Å². The van der Waals surface area contributed by atoms with Crippen molar-refractivity contribution < 1.29 is 4.74 Å². The fraction of sp³-hybridized carbons (Fsp3) is 0.294. The van der Waals surface area contributed by atoms with Gasteiger partial charge in [-0.1, -0.05) is 46.7 Å². The Morgan fingerprint density at radius 2 is 1.95 bits per heavy atom. The number of hydrogen-bond donors (Lipinski definition) is 1. The number of ether oxygens (including phenoxy) is 1. The minimum absolute atomic E-state index is 0.880. The van der Waals surface area contributed by atoms with Crippen LogP contribution in [-0.4, -0.2) is 13.7 Å². The molecular formula is C17H20BrNOS. The third-order valence-corrected chi connectivity index (χ3v) is 4.72. The van der Waals surface area contributed by atoms with E-state index in [-0.39, 0.29) is 0 Å². The zero-order valence-electron chi connectivity index (χ0n) is 12.4. The molecule has 0 aliphatic carbocycles. The van der Waals surface area contributed by atoms with E-state index in [1.807, 2.05) is 18.2 Å². The fourth-order valence-electron chi connectivity index (χ4n) is 2.01. The Morgan fingerprint density at radius 3 is 2.71 bits per heavy atom. The number of rotatable bonds is 7. The molecule has 0 heterocycles. The van der Waals surface area contributed by atoms with E-state index in [4.69, 9.17) is 4.74 Å². The molecule has 4 heteroatoms. The van der Waals surface area contributed by atoms with Crippen LogP contribution in [0.4, 0.5) is 0 Å². The third-order valence-electron chi connectivity index (χ3n) is 3.05. The summed E-state index contributed by atoms with van der Waals surface area (Å²) in [4.78, 5) is 2.39. The Hall–Kier alpha value is -0.970. The highest BCUT2D eigenvalue weighted by Crippen LogP contribution is 2.37. The Balaban J connectivity index is 2.22. The van der Waals surface area contributed by atoms with Gasteiger partial charge in [0, 0.05) is 15.9 Å². The van der Waals surface area contributed by atoms with Crippen molar-refractivity contribution in [1.82, 2.24) is 5.32 Å². The lowest BCUT2D eigenvalue weighted by Gasteiger charge is -2.12. The van der Waals surface area contributed by atoms with Crippen molar-refractivity contribution in [1.29, 1.82) is 0 Å². The monoisotopic (exact) mass is 365 g/mol. The first-order chi connectivity index (χ1) is 10.2. The normalized spacial score (nSPS) is 10.6. The van der Waals surface area contributed by atoms with E-state index in [2.05, 4.69) is 52.4 Å². The fourth-order valence-corrected chi connectivity index (χ4v) is 3.45. The summed E-state index contributed by atoms with van der Waals surface area (Å²) < 4.78 is 6.55. The molecule has 2 rings (SSSR count). The van der Waals surface area contributed by atoms with E-state index < -0.39 is 0 Å². The van der Waals surface area contributed by atoms with Gasteiger partial charge in [-0.15, -0.1) is 0 Å². The van der Waals surface area contributed by atoms with Gasteiger partial charge in [-0.05, 0) is 48.9 Å². The molecule has 0 aromatic heterocycles. The molecule has 0 saturated carbocycles. The van der Waals surface area contributed by atoms with Crippen molar-refractivity contribution in [3.8, 4) is 5.75 Å². The number of methoxy groups -OCH3 is 1. The van der Waals surface area contributed by atoms with Gasteiger partial charge in [0.1, 0.15) is 5.75 Å².